The predicted octanol–water partition coefficient (Wildman–Crippen LogP) is 3.06. The van der Waals surface area contributed by atoms with Crippen molar-refractivity contribution in [3.63, 3.8) is 0 Å². The maximum atomic E-state index is 2.55. The predicted molar refractivity (Wildman–Crippen MR) is 56.7 cm³/mol. The molecule has 3 heteroatoms. The summed E-state index contributed by atoms with van der Waals surface area (Å²) in [5, 5.41) is 0. The Hall–Kier alpha value is 1.50. The average Bonchev–Trinajstić information content (AvgIpc) is 1.88. The Bertz CT molecular complexity index is 103. The van der Waals surface area contributed by atoms with Crippen LogP contribution in [-0.2, 0) is 0 Å². The van der Waals surface area contributed by atoms with E-state index >= 15 is 0 Å². The van der Waals surface area contributed by atoms with Crippen molar-refractivity contribution in [2.45, 2.75) is 23.8 Å². The van der Waals surface area contributed by atoms with E-state index in [0.29, 0.717) is 0 Å². The zero-order valence-electron chi connectivity index (χ0n) is 7.02. The van der Waals surface area contributed by atoms with Crippen LogP contribution in [0.5, 0.6) is 0 Å². The molecule has 0 aliphatic carbocycles. The van der Waals surface area contributed by atoms with E-state index in [2.05, 4.69) is 38.3 Å². The number of hydrogen-bond acceptors (Lipinski definition) is 2. The van der Waals surface area contributed by atoms with Crippen molar-refractivity contribution in [2.75, 3.05) is 11.5 Å². The Morgan fingerprint density at radius 1 is 1.10 bits per heavy atom. The van der Waals surface area contributed by atoms with Gasteiger partial charge in [-0.3, -0.25) is 0 Å². The topological polar surface area (TPSA) is 0 Å². The molecule has 1 heterocycles. The van der Waals surface area contributed by atoms with Gasteiger partial charge in [0.1, 0.15) is 0 Å². The van der Waals surface area contributed by atoms with Gasteiger partial charge in [0.2, 0.25) is 0 Å². The van der Waals surface area contributed by atoms with Crippen molar-refractivity contribution in [2.24, 2.45) is 0 Å². The summed E-state index contributed by atoms with van der Waals surface area (Å²) >= 11 is 2.94. The van der Waals surface area contributed by atoms with Gasteiger partial charge in [-0.25, -0.2) is 0 Å². The molecule has 0 aromatic rings. The van der Waals surface area contributed by atoms with E-state index in [9.17, 15) is 0 Å². The molecule has 0 unspecified atom stereocenters. The summed E-state index contributed by atoms with van der Waals surface area (Å²) in [6.07, 6.45) is 1.44. The fraction of sp³-hybridized carbons (Fsp3) is 1.00. The van der Waals surface area contributed by atoms with Gasteiger partial charge in [0.15, 0.2) is 0 Å². The number of rotatable bonds is 1. The Kier molecular flexibility index (Phi) is 3.78. The van der Waals surface area contributed by atoms with E-state index < -0.39 is 18.4 Å². The van der Waals surface area contributed by atoms with Gasteiger partial charge in [-0.2, -0.15) is 0 Å². The first kappa shape index (κ1) is 9.59. The van der Waals surface area contributed by atoms with Crippen LogP contribution in [0.4, 0.5) is 0 Å². The van der Waals surface area contributed by atoms with Crippen LogP contribution in [0.2, 0.25) is 14.8 Å². The first-order valence-electron chi connectivity index (χ1n) is 3.84. The minimum atomic E-state index is -1.51. The molecule has 10 heavy (non-hydrogen) atoms. The van der Waals surface area contributed by atoms with Gasteiger partial charge >= 0.3 is 77.2 Å². The number of hydrogen-bond donors (Lipinski definition) is 0. The van der Waals surface area contributed by atoms with E-state index in [1.165, 1.54) is 17.9 Å². The molecular weight excluding hydrogens is 267 g/mol. The molecule has 1 saturated heterocycles. The van der Waals surface area contributed by atoms with Gasteiger partial charge in [0, 0.05) is 0 Å². The molecule has 0 radical (unpaired) electrons. The maximum absolute atomic E-state index is 2.55. The van der Waals surface area contributed by atoms with Crippen molar-refractivity contribution in [1.29, 1.82) is 0 Å². The van der Waals surface area contributed by atoms with Crippen LogP contribution in [0.1, 0.15) is 6.42 Å². The summed E-state index contributed by atoms with van der Waals surface area (Å²) in [5.74, 6) is 2.84. The minimum absolute atomic E-state index is 1.04. The summed E-state index contributed by atoms with van der Waals surface area (Å²) in [4.78, 5) is 7.64. The third kappa shape index (κ3) is 2.86. The summed E-state index contributed by atoms with van der Waals surface area (Å²) in [7, 11) is 0. The molecule has 1 aliphatic rings. The molecule has 0 atom stereocenters. The van der Waals surface area contributed by atoms with Gasteiger partial charge in [-0.1, -0.05) is 0 Å². The molecule has 0 amide bonds. The summed E-state index contributed by atoms with van der Waals surface area (Å²) in [6, 6.07) is 0. The molecule has 0 aromatic heterocycles. The average molecular weight is 283 g/mol. The van der Waals surface area contributed by atoms with E-state index in [-0.39, 0.29) is 0 Å². The fourth-order valence-corrected chi connectivity index (χ4v) is 14.8. The molecule has 0 aromatic carbocycles. The zero-order chi connectivity index (χ0) is 7.61. The molecule has 0 nitrogen and oxygen atoms in total. The van der Waals surface area contributed by atoms with Crippen LogP contribution in [0.15, 0.2) is 0 Å². The van der Waals surface area contributed by atoms with Crippen LogP contribution < -0.4 is 0 Å². The second kappa shape index (κ2) is 3.94. The monoisotopic (exact) mass is 284 g/mol. The van der Waals surface area contributed by atoms with E-state index in [1.54, 1.807) is 0 Å². The number of thioether (sulfide) groups is 2. The second-order valence-electron chi connectivity index (χ2n) is 3.79. The van der Waals surface area contributed by atoms with E-state index in [4.69, 9.17) is 0 Å². The van der Waals surface area contributed by atoms with Gasteiger partial charge in [0.05, 0.1) is 0 Å². The normalized spacial score (nSPS) is 23.1. The molecular formula is C7H16S2Sn. The van der Waals surface area contributed by atoms with Crippen molar-refractivity contribution in [3.05, 3.63) is 0 Å². The molecule has 1 aliphatic heterocycles. The van der Waals surface area contributed by atoms with Crippen LogP contribution in [0.25, 0.3) is 0 Å². The van der Waals surface area contributed by atoms with Crippen molar-refractivity contribution in [3.8, 4) is 0 Å². The van der Waals surface area contributed by atoms with E-state index in [1.807, 2.05) is 0 Å². The standard InChI is InChI=1S/C4H7S2.3CH3.Sn/c1-2-5-4-6-3-1;;;;/h4H,1-3H2;3*1H3;. The Morgan fingerprint density at radius 2 is 1.60 bits per heavy atom. The third-order valence-corrected chi connectivity index (χ3v) is 20.4. The van der Waals surface area contributed by atoms with Crippen molar-refractivity contribution >= 4 is 41.9 Å². The molecule has 60 valence electrons. The molecule has 0 bridgehead atoms. The van der Waals surface area contributed by atoms with Gasteiger partial charge < -0.3 is 0 Å². The second-order valence-corrected chi connectivity index (χ2v) is 24.1. The molecule has 1 fully saturated rings. The van der Waals surface area contributed by atoms with Crippen LogP contribution >= 0.6 is 23.5 Å². The quantitative estimate of drug-likeness (QED) is 0.678. The third-order valence-electron chi connectivity index (χ3n) is 1.53. The van der Waals surface area contributed by atoms with Gasteiger partial charge in [-0.15, -0.1) is 0 Å². The fourth-order valence-electron chi connectivity index (χ4n) is 0.988. The van der Waals surface area contributed by atoms with E-state index in [0.717, 1.165) is 2.60 Å². The summed E-state index contributed by atoms with van der Waals surface area (Å²) in [6.45, 7) is 0. The molecule has 1 rings (SSSR count). The van der Waals surface area contributed by atoms with Gasteiger partial charge in [0.25, 0.3) is 0 Å². The Morgan fingerprint density at radius 3 is 1.90 bits per heavy atom. The summed E-state index contributed by atoms with van der Waals surface area (Å²) in [5.41, 5.74) is 0. The van der Waals surface area contributed by atoms with Gasteiger partial charge in [-0.05, 0) is 0 Å². The Labute approximate surface area is 76.8 Å². The van der Waals surface area contributed by atoms with Crippen LogP contribution in [-0.4, -0.2) is 32.5 Å². The zero-order valence-corrected chi connectivity index (χ0v) is 11.5. The first-order valence-corrected chi connectivity index (χ1v) is 16.1. The Balaban J connectivity index is 2.39. The molecule has 0 saturated carbocycles. The van der Waals surface area contributed by atoms with Crippen molar-refractivity contribution < 1.29 is 0 Å². The SMILES string of the molecule is [CH3][Sn]([CH3])([CH3])[CH]1SCCCS1. The van der Waals surface area contributed by atoms with Crippen LogP contribution in [0.3, 0.4) is 0 Å². The molecule has 0 spiro atoms. The van der Waals surface area contributed by atoms with Crippen molar-refractivity contribution in [1.82, 2.24) is 0 Å². The summed E-state index contributed by atoms with van der Waals surface area (Å²) < 4.78 is 1.04. The first-order chi connectivity index (χ1) is 4.61. The van der Waals surface area contributed by atoms with Crippen LogP contribution in [0, 0.1) is 0 Å². The molecule has 0 N–H and O–H groups in total.